The molecule has 1 fully saturated rings. The third-order valence-corrected chi connectivity index (χ3v) is 7.39. The number of amides is 3. The molecule has 3 aliphatic carbocycles. The summed E-state index contributed by atoms with van der Waals surface area (Å²) >= 11 is 12.1. The molecule has 3 amide bonds. The topological polar surface area (TPSA) is 66.5 Å². The molecule has 0 saturated carbocycles. The number of benzene rings is 3. The van der Waals surface area contributed by atoms with Crippen molar-refractivity contribution in [2.75, 3.05) is 0 Å². The predicted octanol–water partition coefficient (Wildman–Crippen LogP) is 4.53. The lowest BCUT2D eigenvalue weighted by molar-refractivity contribution is -0.142. The smallest absolute Gasteiger partial charge is 0.271 e. The molecule has 1 heterocycles. The molecule has 1 aliphatic heterocycles. The number of halogens is 2. The first kappa shape index (κ1) is 19.5. The summed E-state index contributed by atoms with van der Waals surface area (Å²) in [6, 6.07) is 20.4. The number of carbonyl (C=O) groups is 3. The lowest BCUT2D eigenvalue weighted by Crippen LogP contribution is -2.46. The Morgan fingerprint density at radius 3 is 1.66 bits per heavy atom. The van der Waals surface area contributed by atoms with Crippen LogP contribution in [-0.4, -0.2) is 22.7 Å². The van der Waals surface area contributed by atoms with Crippen molar-refractivity contribution < 1.29 is 14.4 Å². The molecule has 1 saturated heterocycles. The first-order valence-electron chi connectivity index (χ1n) is 10.3. The molecule has 1 N–H and O–H groups in total. The van der Waals surface area contributed by atoms with Gasteiger partial charge in [0.05, 0.1) is 22.4 Å². The van der Waals surface area contributed by atoms with Crippen molar-refractivity contribution >= 4 is 40.9 Å². The number of rotatable bonds is 2. The average Bonchev–Trinajstić information content (AvgIpc) is 3.04. The van der Waals surface area contributed by atoms with Gasteiger partial charge in [0.25, 0.3) is 17.7 Å². The average molecular weight is 463 g/mol. The highest BCUT2D eigenvalue weighted by molar-refractivity contribution is 6.36. The number of nitrogens with one attached hydrogen (secondary N) is 1. The van der Waals surface area contributed by atoms with E-state index in [0.29, 0.717) is 5.02 Å². The van der Waals surface area contributed by atoms with Gasteiger partial charge >= 0.3 is 0 Å². The van der Waals surface area contributed by atoms with Gasteiger partial charge in [-0.2, -0.15) is 5.01 Å². The Kier molecular flexibility index (Phi) is 4.23. The Morgan fingerprint density at radius 2 is 1.22 bits per heavy atom. The maximum Gasteiger partial charge on any atom is 0.271 e. The highest BCUT2D eigenvalue weighted by atomic mass is 35.5. The fraction of sp³-hybridized carbons (Fsp3) is 0.160. The van der Waals surface area contributed by atoms with Crippen LogP contribution in [0.5, 0.6) is 0 Å². The minimum Gasteiger partial charge on any atom is -0.272 e. The summed E-state index contributed by atoms with van der Waals surface area (Å²) in [5.41, 5.74) is 6.95. The van der Waals surface area contributed by atoms with Crippen LogP contribution in [0.2, 0.25) is 10.0 Å². The van der Waals surface area contributed by atoms with E-state index in [-0.39, 0.29) is 22.4 Å². The molecule has 0 spiro atoms. The maximum absolute atomic E-state index is 13.5. The number of hydrogen-bond acceptors (Lipinski definition) is 3. The predicted molar refractivity (Wildman–Crippen MR) is 119 cm³/mol. The third kappa shape index (κ3) is 2.55. The Bertz CT molecular complexity index is 1220. The second kappa shape index (κ2) is 6.92. The van der Waals surface area contributed by atoms with E-state index in [2.05, 4.69) is 5.43 Å². The van der Waals surface area contributed by atoms with Gasteiger partial charge in [0.2, 0.25) is 0 Å². The van der Waals surface area contributed by atoms with Gasteiger partial charge < -0.3 is 0 Å². The van der Waals surface area contributed by atoms with Gasteiger partial charge in [-0.15, -0.1) is 0 Å². The SMILES string of the molecule is O=C(NN1C(=O)C2C3c4ccccc4C(c4ccccc43)C2C1=O)c1ccc(Cl)cc1Cl. The summed E-state index contributed by atoms with van der Waals surface area (Å²) in [7, 11) is 0. The number of hydrogen-bond donors (Lipinski definition) is 1. The van der Waals surface area contributed by atoms with Crippen molar-refractivity contribution in [2.45, 2.75) is 11.8 Å². The van der Waals surface area contributed by atoms with E-state index in [0.717, 1.165) is 27.3 Å². The Hall–Kier alpha value is -3.15. The van der Waals surface area contributed by atoms with Gasteiger partial charge in [-0.3, -0.25) is 19.8 Å². The van der Waals surface area contributed by atoms with Crippen molar-refractivity contribution in [3.63, 3.8) is 0 Å². The number of carbonyl (C=O) groups excluding carboxylic acids is 3. The van der Waals surface area contributed by atoms with Crippen LogP contribution in [0.25, 0.3) is 0 Å². The fourth-order valence-electron chi connectivity index (χ4n) is 5.62. The lowest BCUT2D eigenvalue weighted by atomic mass is 9.55. The zero-order chi connectivity index (χ0) is 22.1. The Balaban J connectivity index is 1.41. The first-order chi connectivity index (χ1) is 15.5. The summed E-state index contributed by atoms with van der Waals surface area (Å²) in [5.74, 6) is -2.98. The zero-order valence-corrected chi connectivity index (χ0v) is 18.1. The summed E-state index contributed by atoms with van der Waals surface area (Å²) in [4.78, 5) is 39.9. The highest BCUT2D eigenvalue weighted by Crippen LogP contribution is 2.60. The van der Waals surface area contributed by atoms with Gasteiger partial charge in [0.1, 0.15) is 0 Å². The van der Waals surface area contributed by atoms with Crippen LogP contribution in [0, 0.1) is 11.8 Å². The minimum atomic E-state index is -0.630. The number of hydrazine groups is 1. The summed E-state index contributed by atoms with van der Waals surface area (Å²) in [5, 5.41) is 1.42. The molecule has 2 atom stereocenters. The second-order valence-electron chi connectivity index (χ2n) is 8.34. The quantitative estimate of drug-likeness (QED) is 0.568. The van der Waals surface area contributed by atoms with Gasteiger partial charge in [-0.05, 0) is 40.5 Å². The first-order valence-corrected chi connectivity index (χ1v) is 11.0. The summed E-state index contributed by atoms with van der Waals surface area (Å²) < 4.78 is 0. The van der Waals surface area contributed by atoms with Crippen LogP contribution in [0.1, 0.15) is 44.4 Å². The molecule has 7 heteroatoms. The highest BCUT2D eigenvalue weighted by Gasteiger charge is 2.62. The van der Waals surface area contributed by atoms with Crippen molar-refractivity contribution in [2.24, 2.45) is 11.8 Å². The Labute approximate surface area is 193 Å². The van der Waals surface area contributed by atoms with Crippen LogP contribution in [0.15, 0.2) is 66.7 Å². The molecule has 32 heavy (non-hydrogen) atoms. The van der Waals surface area contributed by atoms with Crippen LogP contribution in [0.4, 0.5) is 0 Å². The summed E-state index contributed by atoms with van der Waals surface area (Å²) in [6.07, 6.45) is 0. The molecule has 3 aromatic rings. The fourth-order valence-corrected chi connectivity index (χ4v) is 6.12. The van der Waals surface area contributed by atoms with Crippen molar-refractivity contribution in [1.29, 1.82) is 0 Å². The number of nitrogens with zero attached hydrogens (tertiary/aromatic N) is 1. The molecule has 7 rings (SSSR count). The summed E-state index contributed by atoms with van der Waals surface area (Å²) in [6.45, 7) is 0. The van der Waals surface area contributed by atoms with Crippen LogP contribution >= 0.6 is 23.2 Å². The van der Waals surface area contributed by atoms with Crippen molar-refractivity contribution in [1.82, 2.24) is 10.4 Å². The van der Waals surface area contributed by atoms with Crippen molar-refractivity contribution in [3.8, 4) is 0 Å². The lowest BCUT2D eigenvalue weighted by Gasteiger charge is -2.45. The van der Waals surface area contributed by atoms with Crippen LogP contribution in [0.3, 0.4) is 0 Å². The molecule has 4 aliphatic rings. The minimum absolute atomic E-state index is 0.140. The Morgan fingerprint density at radius 1 is 0.750 bits per heavy atom. The molecule has 158 valence electrons. The normalized spacial score (nSPS) is 24.8. The van der Waals surface area contributed by atoms with E-state index in [9.17, 15) is 14.4 Å². The van der Waals surface area contributed by atoms with Gasteiger partial charge in [0.15, 0.2) is 0 Å². The second-order valence-corrected chi connectivity index (χ2v) is 9.19. The van der Waals surface area contributed by atoms with E-state index in [1.165, 1.54) is 18.2 Å². The van der Waals surface area contributed by atoms with E-state index in [1.54, 1.807) is 0 Å². The molecular weight excluding hydrogens is 447 g/mol. The largest absolute Gasteiger partial charge is 0.272 e. The van der Waals surface area contributed by atoms with Gasteiger partial charge in [0, 0.05) is 16.9 Å². The standard InChI is InChI=1S/C25H16Cl2N2O3/c26-12-9-10-17(18(27)11-12)23(30)28-29-24(31)21-19-13-5-1-2-6-14(13)20(22(21)25(29)32)16-8-4-3-7-15(16)19/h1-11,19-22H,(H,28,30). The van der Waals surface area contributed by atoms with Crippen LogP contribution in [-0.2, 0) is 9.59 Å². The number of imide groups is 1. The van der Waals surface area contributed by atoms with Crippen LogP contribution < -0.4 is 5.43 Å². The van der Waals surface area contributed by atoms with E-state index < -0.39 is 29.6 Å². The molecule has 0 radical (unpaired) electrons. The third-order valence-electron chi connectivity index (χ3n) is 6.84. The van der Waals surface area contributed by atoms with E-state index in [1.807, 2.05) is 48.5 Å². The van der Waals surface area contributed by atoms with E-state index in [4.69, 9.17) is 23.2 Å². The zero-order valence-electron chi connectivity index (χ0n) is 16.6. The van der Waals surface area contributed by atoms with Gasteiger partial charge in [-0.1, -0.05) is 71.7 Å². The van der Waals surface area contributed by atoms with Gasteiger partial charge in [-0.25, -0.2) is 0 Å². The molecule has 3 aromatic carbocycles. The molecular formula is C25H16Cl2N2O3. The molecule has 2 bridgehead atoms. The molecule has 5 nitrogen and oxygen atoms in total. The van der Waals surface area contributed by atoms with Crippen molar-refractivity contribution in [3.05, 3.63) is 105 Å². The maximum atomic E-state index is 13.5. The van der Waals surface area contributed by atoms with E-state index >= 15 is 0 Å². The molecule has 2 unspecified atom stereocenters. The molecule has 0 aromatic heterocycles. The monoisotopic (exact) mass is 462 g/mol.